The van der Waals surface area contributed by atoms with Crippen LogP contribution in [0.5, 0.6) is 0 Å². The summed E-state index contributed by atoms with van der Waals surface area (Å²) in [6.07, 6.45) is 0. The molecule has 1 unspecified atom stereocenters. The largest absolute Gasteiger partial charge is 0.343 e. The van der Waals surface area contributed by atoms with Crippen molar-refractivity contribution in [1.29, 1.82) is 0 Å². The molecule has 1 aliphatic heterocycles. The Kier molecular flexibility index (Phi) is 3.83. The Morgan fingerprint density at radius 2 is 2.05 bits per heavy atom. The summed E-state index contributed by atoms with van der Waals surface area (Å²) in [5, 5.41) is 2.67. The van der Waals surface area contributed by atoms with Gasteiger partial charge in [-0.1, -0.05) is 32.0 Å². The summed E-state index contributed by atoms with van der Waals surface area (Å²) in [7, 11) is 0. The van der Waals surface area contributed by atoms with Gasteiger partial charge in [-0.05, 0) is 12.0 Å². The summed E-state index contributed by atoms with van der Waals surface area (Å²) in [6.45, 7) is 3.85. The van der Waals surface area contributed by atoms with E-state index in [0.29, 0.717) is 5.56 Å². The number of piperazine rings is 1. The Hall–Kier alpha value is -1.91. The molecule has 0 spiro atoms. The van der Waals surface area contributed by atoms with Gasteiger partial charge >= 0.3 is 0 Å². The molecule has 0 radical (unpaired) electrons. The fourth-order valence-electron chi connectivity index (χ4n) is 2.15. The molecular weight excluding hydrogens is 247 g/mol. The molecule has 0 aliphatic carbocycles. The van der Waals surface area contributed by atoms with Crippen molar-refractivity contribution in [3.63, 3.8) is 0 Å². The minimum absolute atomic E-state index is 0.0138. The number of halogens is 1. The zero-order valence-corrected chi connectivity index (χ0v) is 11.0. The normalized spacial score (nSPS) is 19.8. The van der Waals surface area contributed by atoms with E-state index < -0.39 is 6.04 Å². The predicted octanol–water partition coefficient (Wildman–Crippen LogP) is 1.31. The fraction of sp³-hybridized carbons (Fsp3) is 0.429. The van der Waals surface area contributed by atoms with Gasteiger partial charge in [-0.3, -0.25) is 9.59 Å². The maximum Gasteiger partial charge on any atom is 0.246 e. The molecule has 2 amide bonds. The van der Waals surface area contributed by atoms with Gasteiger partial charge in [-0.25, -0.2) is 4.39 Å². The third kappa shape index (κ3) is 2.92. The quantitative estimate of drug-likeness (QED) is 0.895. The van der Waals surface area contributed by atoms with Crippen LogP contribution < -0.4 is 5.32 Å². The average Bonchev–Trinajstić information content (AvgIpc) is 2.35. The van der Waals surface area contributed by atoms with E-state index in [1.54, 1.807) is 18.2 Å². The van der Waals surface area contributed by atoms with Crippen LogP contribution in [0.25, 0.3) is 0 Å². The van der Waals surface area contributed by atoms with E-state index in [1.165, 1.54) is 11.0 Å². The summed E-state index contributed by atoms with van der Waals surface area (Å²) in [4.78, 5) is 25.2. The van der Waals surface area contributed by atoms with E-state index in [2.05, 4.69) is 5.32 Å². The van der Waals surface area contributed by atoms with Gasteiger partial charge in [0.25, 0.3) is 0 Å². The molecule has 1 atom stereocenters. The van der Waals surface area contributed by atoms with Crippen molar-refractivity contribution < 1.29 is 14.0 Å². The predicted molar refractivity (Wildman–Crippen MR) is 68.6 cm³/mol. The molecule has 19 heavy (non-hydrogen) atoms. The number of nitrogens with zero attached hydrogens (tertiary/aromatic N) is 1. The minimum atomic E-state index is -0.520. The lowest BCUT2D eigenvalue weighted by atomic mass is 10.0. The van der Waals surface area contributed by atoms with Gasteiger partial charge in [0, 0.05) is 12.1 Å². The molecule has 1 N–H and O–H groups in total. The van der Waals surface area contributed by atoms with Gasteiger partial charge in [-0.15, -0.1) is 0 Å². The van der Waals surface area contributed by atoms with Crippen LogP contribution in [0.2, 0.25) is 0 Å². The van der Waals surface area contributed by atoms with Gasteiger partial charge in [-0.2, -0.15) is 0 Å². The lowest BCUT2D eigenvalue weighted by Gasteiger charge is -2.34. The fourth-order valence-corrected chi connectivity index (χ4v) is 2.15. The second-order valence-corrected chi connectivity index (χ2v) is 5.07. The third-order valence-corrected chi connectivity index (χ3v) is 3.21. The van der Waals surface area contributed by atoms with Crippen LogP contribution in [0.4, 0.5) is 4.39 Å². The Morgan fingerprint density at radius 1 is 1.37 bits per heavy atom. The molecule has 0 bridgehead atoms. The van der Waals surface area contributed by atoms with Crippen molar-refractivity contribution in [3.05, 3.63) is 35.6 Å². The van der Waals surface area contributed by atoms with Crippen LogP contribution in [-0.4, -0.2) is 29.3 Å². The maximum absolute atomic E-state index is 13.6. The first-order chi connectivity index (χ1) is 8.99. The van der Waals surface area contributed by atoms with E-state index in [4.69, 9.17) is 0 Å². The Bertz CT molecular complexity index is 502. The van der Waals surface area contributed by atoms with E-state index in [9.17, 15) is 14.0 Å². The topological polar surface area (TPSA) is 49.4 Å². The lowest BCUT2D eigenvalue weighted by molar-refractivity contribution is -0.146. The molecular formula is C14H17FN2O2. The first kappa shape index (κ1) is 13.5. The standard InChI is InChI=1S/C14H17FN2O2/c1-9(2)13-14(19)17(8-12(18)16-13)7-10-5-3-4-6-11(10)15/h3-6,9,13H,7-8H2,1-2H3,(H,16,18). The second kappa shape index (κ2) is 5.38. The lowest BCUT2D eigenvalue weighted by Crippen LogP contribution is -2.59. The van der Waals surface area contributed by atoms with Crippen molar-refractivity contribution in [3.8, 4) is 0 Å². The molecule has 5 heteroatoms. The number of carbonyl (C=O) groups excluding carboxylic acids is 2. The van der Waals surface area contributed by atoms with Crippen molar-refractivity contribution in [2.24, 2.45) is 5.92 Å². The molecule has 102 valence electrons. The molecule has 4 nitrogen and oxygen atoms in total. The molecule has 1 aliphatic rings. The number of nitrogens with one attached hydrogen (secondary N) is 1. The molecule has 2 rings (SSSR count). The zero-order chi connectivity index (χ0) is 14.0. The SMILES string of the molecule is CC(C)C1NC(=O)CN(Cc2ccccc2F)C1=O. The average molecular weight is 264 g/mol. The van der Waals surface area contributed by atoms with E-state index >= 15 is 0 Å². The minimum Gasteiger partial charge on any atom is -0.343 e. The maximum atomic E-state index is 13.6. The summed E-state index contributed by atoms with van der Waals surface area (Å²) in [6, 6.07) is 5.77. The highest BCUT2D eigenvalue weighted by molar-refractivity contribution is 5.94. The van der Waals surface area contributed by atoms with Gasteiger partial charge in [0.15, 0.2) is 0 Å². The van der Waals surface area contributed by atoms with Crippen LogP contribution in [0.3, 0.4) is 0 Å². The summed E-state index contributed by atoms with van der Waals surface area (Å²) < 4.78 is 13.6. The molecule has 1 aromatic rings. The summed E-state index contributed by atoms with van der Waals surface area (Å²) in [5.41, 5.74) is 0.424. The number of carbonyl (C=O) groups is 2. The molecule has 0 aromatic heterocycles. The molecule has 1 saturated heterocycles. The molecule has 0 saturated carbocycles. The first-order valence-electron chi connectivity index (χ1n) is 6.30. The Morgan fingerprint density at radius 3 is 2.68 bits per heavy atom. The molecule has 1 fully saturated rings. The number of hydrogen-bond donors (Lipinski definition) is 1. The van der Waals surface area contributed by atoms with E-state index in [-0.39, 0.29) is 36.6 Å². The first-order valence-corrected chi connectivity index (χ1v) is 6.30. The Balaban J connectivity index is 2.17. The molecule has 1 heterocycles. The third-order valence-electron chi connectivity index (χ3n) is 3.21. The second-order valence-electron chi connectivity index (χ2n) is 5.07. The number of hydrogen-bond acceptors (Lipinski definition) is 2. The smallest absolute Gasteiger partial charge is 0.246 e. The van der Waals surface area contributed by atoms with Crippen molar-refractivity contribution in [1.82, 2.24) is 10.2 Å². The van der Waals surface area contributed by atoms with E-state index in [0.717, 1.165) is 0 Å². The monoisotopic (exact) mass is 264 g/mol. The van der Waals surface area contributed by atoms with Gasteiger partial charge in [0.2, 0.25) is 11.8 Å². The van der Waals surface area contributed by atoms with Crippen LogP contribution in [-0.2, 0) is 16.1 Å². The summed E-state index contributed by atoms with van der Waals surface area (Å²) >= 11 is 0. The van der Waals surface area contributed by atoms with Gasteiger partial charge in [0.05, 0.1) is 6.54 Å². The number of amides is 2. The van der Waals surface area contributed by atoms with Gasteiger partial charge < -0.3 is 10.2 Å². The molecule has 1 aromatic carbocycles. The van der Waals surface area contributed by atoms with Crippen molar-refractivity contribution in [2.45, 2.75) is 26.4 Å². The summed E-state index contributed by atoms with van der Waals surface area (Å²) in [5.74, 6) is -0.699. The van der Waals surface area contributed by atoms with Crippen LogP contribution >= 0.6 is 0 Å². The highest BCUT2D eigenvalue weighted by atomic mass is 19.1. The Labute approximate surface area is 111 Å². The van der Waals surface area contributed by atoms with E-state index in [1.807, 2.05) is 13.8 Å². The number of rotatable bonds is 3. The highest BCUT2D eigenvalue weighted by Gasteiger charge is 2.34. The zero-order valence-electron chi connectivity index (χ0n) is 11.0. The van der Waals surface area contributed by atoms with Crippen LogP contribution in [0.1, 0.15) is 19.4 Å². The van der Waals surface area contributed by atoms with Crippen molar-refractivity contribution in [2.75, 3.05) is 6.54 Å². The highest BCUT2D eigenvalue weighted by Crippen LogP contribution is 2.15. The van der Waals surface area contributed by atoms with Crippen molar-refractivity contribution >= 4 is 11.8 Å². The van der Waals surface area contributed by atoms with Gasteiger partial charge in [0.1, 0.15) is 11.9 Å². The van der Waals surface area contributed by atoms with Crippen LogP contribution in [0, 0.1) is 11.7 Å². The number of benzene rings is 1. The van der Waals surface area contributed by atoms with Crippen LogP contribution in [0.15, 0.2) is 24.3 Å².